The van der Waals surface area contributed by atoms with Crippen LogP contribution in [0.25, 0.3) is 0 Å². The van der Waals surface area contributed by atoms with Crippen molar-refractivity contribution in [2.75, 3.05) is 17.1 Å². The molecule has 2 heterocycles. The van der Waals surface area contributed by atoms with Crippen molar-refractivity contribution in [2.45, 2.75) is 19.1 Å². The van der Waals surface area contributed by atoms with Crippen molar-refractivity contribution in [3.8, 4) is 5.75 Å². The summed E-state index contributed by atoms with van der Waals surface area (Å²) < 4.78 is 5.26. The van der Waals surface area contributed by atoms with Gasteiger partial charge in [0.15, 0.2) is 6.10 Å². The van der Waals surface area contributed by atoms with Crippen molar-refractivity contribution in [1.82, 2.24) is 0 Å². The summed E-state index contributed by atoms with van der Waals surface area (Å²) in [6.45, 7) is 1.93. The Labute approximate surface area is 195 Å². The van der Waals surface area contributed by atoms with Gasteiger partial charge < -0.3 is 4.74 Å². The first-order valence-corrected chi connectivity index (χ1v) is 10.7. The van der Waals surface area contributed by atoms with Gasteiger partial charge in [-0.3, -0.25) is 24.5 Å². The molecule has 0 aliphatic carbocycles. The number of ether oxygens (including phenoxy) is 1. The Kier molecular flexibility index (Phi) is 5.25. The number of benzene rings is 3. The Balaban J connectivity index is 1.59. The first-order chi connectivity index (χ1) is 16.4. The summed E-state index contributed by atoms with van der Waals surface area (Å²) >= 11 is 0. The van der Waals surface area contributed by atoms with Gasteiger partial charge in [0.05, 0.1) is 29.4 Å². The van der Waals surface area contributed by atoms with Crippen LogP contribution in [-0.2, 0) is 14.4 Å². The molecule has 2 saturated heterocycles. The highest BCUT2D eigenvalue weighted by atomic mass is 16.7. The number of para-hydroxylation sites is 1. The van der Waals surface area contributed by atoms with E-state index in [1.54, 1.807) is 24.3 Å². The molecule has 2 aliphatic rings. The molecule has 0 spiro atoms. The first kappa shape index (κ1) is 21.6. The van der Waals surface area contributed by atoms with E-state index in [1.165, 1.54) is 24.3 Å². The van der Waals surface area contributed by atoms with E-state index in [0.29, 0.717) is 5.75 Å². The molecule has 0 saturated carbocycles. The second-order valence-electron chi connectivity index (χ2n) is 8.17. The Morgan fingerprint density at radius 2 is 1.71 bits per heavy atom. The Bertz CT molecular complexity index is 1290. The molecular formula is C25H21N3O6. The number of carbonyl (C=O) groups excluding carboxylic acids is 2. The van der Waals surface area contributed by atoms with E-state index in [-0.39, 0.29) is 11.4 Å². The average molecular weight is 459 g/mol. The third kappa shape index (κ3) is 3.37. The summed E-state index contributed by atoms with van der Waals surface area (Å²) in [7, 11) is 1.57. The van der Waals surface area contributed by atoms with Gasteiger partial charge in [0.25, 0.3) is 11.6 Å². The minimum atomic E-state index is -1.06. The number of carbonyl (C=O) groups is 2. The third-order valence-corrected chi connectivity index (χ3v) is 6.22. The second-order valence-corrected chi connectivity index (χ2v) is 8.17. The molecule has 2 aliphatic heterocycles. The van der Waals surface area contributed by atoms with E-state index < -0.39 is 34.8 Å². The number of methoxy groups -OCH3 is 1. The quantitative estimate of drug-likeness (QED) is 0.323. The molecule has 0 radical (unpaired) electrons. The number of hydroxylamine groups is 1. The molecule has 9 heteroatoms. The fourth-order valence-corrected chi connectivity index (χ4v) is 4.57. The van der Waals surface area contributed by atoms with Gasteiger partial charge in [-0.15, -0.1) is 0 Å². The molecule has 34 heavy (non-hydrogen) atoms. The number of hydrogen-bond acceptors (Lipinski definition) is 7. The molecule has 0 N–H and O–H groups in total. The summed E-state index contributed by atoms with van der Waals surface area (Å²) in [6.07, 6.45) is -1.06. The number of nitro groups is 1. The Morgan fingerprint density at radius 3 is 2.38 bits per heavy atom. The van der Waals surface area contributed by atoms with E-state index in [9.17, 15) is 19.7 Å². The average Bonchev–Trinajstić information content (AvgIpc) is 3.35. The fraction of sp³-hybridized carbons (Fsp3) is 0.200. The topological polar surface area (TPSA) is 102 Å². The van der Waals surface area contributed by atoms with E-state index in [0.717, 1.165) is 21.7 Å². The van der Waals surface area contributed by atoms with Crippen molar-refractivity contribution < 1.29 is 24.1 Å². The summed E-state index contributed by atoms with van der Waals surface area (Å²) in [5.74, 6) is -1.19. The normalized spacial score (nSPS) is 21.6. The highest BCUT2D eigenvalue weighted by Crippen LogP contribution is 2.48. The lowest BCUT2D eigenvalue weighted by molar-refractivity contribution is -0.384. The van der Waals surface area contributed by atoms with Gasteiger partial charge in [0.2, 0.25) is 5.91 Å². The monoisotopic (exact) mass is 459 g/mol. The van der Waals surface area contributed by atoms with Crippen LogP contribution in [0.2, 0.25) is 0 Å². The summed E-state index contributed by atoms with van der Waals surface area (Å²) in [6, 6.07) is 19.7. The van der Waals surface area contributed by atoms with Gasteiger partial charge in [-0.25, -0.2) is 9.96 Å². The molecule has 3 aromatic carbocycles. The molecule has 172 valence electrons. The highest BCUT2D eigenvalue weighted by Gasteiger charge is 2.60. The maximum Gasteiger partial charge on any atom is 0.271 e. The summed E-state index contributed by atoms with van der Waals surface area (Å²) in [5.41, 5.74) is 2.40. The molecule has 3 aromatic rings. The smallest absolute Gasteiger partial charge is 0.271 e. The lowest BCUT2D eigenvalue weighted by atomic mass is 9.90. The minimum Gasteiger partial charge on any atom is -0.497 e. The molecule has 2 fully saturated rings. The number of anilines is 2. The first-order valence-electron chi connectivity index (χ1n) is 10.7. The molecule has 9 nitrogen and oxygen atoms in total. The number of nitrogens with zero attached hydrogens (tertiary/aromatic N) is 3. The standard InChI is InChI=1S/C25H21N3O6/c1-15-6-3-4-9-20(15)27-22(16-10-12-19(33-2)13-11-16)21-23(34-27)25(30)26(24(21)29)17-7-5-8-18(14-17)28(31)32/h3-14,21-23H,1-2H3/t21-,22-,23+/m1/s1. The zero-order valence-electron chi connectivity index (χ0n) is 18.5. The lowest BCUT2D eigenvalue weighted by Gasteiger charge is -2.29. The number of amides is 2. The van der Waals surface area contributed by atoms with Crippen LogP contribution in [0.1, 0.15) is 17.2 Å². The van der Waals surface area contributed by atoms with Crippen molar-refractivity contribution in [2.24, 2.45) is 5.92 Å². The number of rotatable bonds is 5. The van der Waals surface area contributed by atoms with Gasteiger partial charge in [-0.1, -0.05) is 36.4 Å². The van der Waals surface area contributed by atoms with Gasteiger partial charge in [-0.2, -0.15) is 0 Å². The molecule has 0 aromatic heterocycles. The zero-order valence-corrected chi connectivity index (χ0v) is 18.5. The van der Waals surface area contributed by atoms with Crippen LogP contribution in [0.4, 0.5) is 17.1 Å². The highest BCUT2D eigenvalue weighted by molar-refractivity contribution is 6.24. The van der Waals surface area contributed by atoms with Crippen LogP contribution in [0.5, 0.6) is 5.75 Å². The van der Waals surface area contributed by atoms with Crippen LogP contribution >= 0.6 is 0 Å². The van der Waals surface area contributed by atoms with E-state index in [1.807, 2.05) is 43.3 Å². The molecule has 5 rings (SSSR count). The van der Waals surface area contributed by atoms with Crippen molar-refractivity contribution in [3.63, 3.8) is 0 Å². The zero-order chi connectivity index (χ0) is 24.0. The van der Waals surface area contributed by atoms with Crippen LogP contribution in [0.3, 0.4) is 0 Å². The molecule has 3 atom stereocenters. The predicted octanol–water partition coefficient (Wildman–Crippen LogP) is 3.96. The van der Waals surface area contributed by atoms with Crippen LogP contribution in [0, 0.1) is 23.0 Å². The largest absolute Gasteiger partial charge is 0.497 e. The number of non-ortho nitro benzene ring substituents is 1. The summed E-state index contributed by atoms with van der Waals surface area (Å²) in [5, 5.41) is 12.9. The maximum atomic E-state index is 13.7. The number of imide groups is 1. The van der Waals surface area contributed by atoms with E-state index >= 15 is 0 Å². The number of nitro benzene ring substituents is 1. The Hall–Kier alpha value is -4.24. The number of aryl methyl sites for hydroxylation is 1. The Morgan fingerprint density at radius 1 is 0.971 bits per heavy atom. The SMILES string of the molecule is COc1ccc([C@@H]2[C@H]3C(=O)N(c4cccc([N+](=O)[O-])c4)C(=O)[C@H]3ON2c2ccccc2C)cc1. The summed E-state index contributed by atoms with van der Waals surface area (Å²) in [4.78, 5) is 44.8. The van der Waals surface area contributed by atoms with Crippen LogP contribution in [-0.4, -0.2) is 30.0 Å². The predicted molar refractivity (Wildman–Crippen MR) is 123 cm³/mol. The number of fused-ring (bicyclic) bond motifs is 1. The van der Waals surface area contributed by atoms with Gasteiger partial charge in [0, 0.05) is 12.1 Å². The molecule has 0 unspecified atom stereocenters. The van der Waals surface area contributed by atoms with Crippen LogP contribution in [0.15, 0.2) is 72.8 Å². The van der Waals surface area contributed by atoms with Gasteiger partial charge >= 0.3 is 0 Å². The van der Waals surface area contributed by atoms with Gasteiger partial charge in [0.1, 0.15) is 11.7 Å². The van der Waals surface area contributed by atoms with E-state index in [2.05, 4.69) is 0 Å². The maximum absolute atomic E-state index is 13.7. The molecule has 0 bridgehead atoms. The molecule has 2 amide bonds. The minimum absolute atomic E-state index is 0.151. The van der Waals surface area contributed by atoms with Crippen molar-refractivity contribution in [1.29, 1.82) is 0 Å². The van der Waals surface area contributed by atoms with Crippen LogP contribution < -0.4 is 14.7 Å². The van der Waals surface area contributed by atoms with Crippen molar-refractivity contribution >= 4 is 28.9 Å². The van der Waals surface area contributed by atoms with Crippen molar-refractivity contribution in [3.05, 3.63) is 94.0 Å². The fourth-order valence-electron chi connectivity index (χ4n) is 4.57. The second kappa shape index (κ2) is 8.27. The molecular weight excluding hydrogens is 438 g/mol. The lowest BCUT2D eigenvalue weighted by Crippen LogP contribution is -2.37. The van der Waals surface area contributed by atoms with Gasteiger partial charge in [-0.05, 0) is 42.3 Å². The number of hydrogen-bond donors (Lipinski definition) is 0. The third-order valence-electron chi connectivity index (χ3n) is 6.22. The van der Waals surface area contributed by atoms with E-state index in [4.69, 9.17) is 9.57 Å².